The topological polar surface area (TPSA) is 36.9 Å². The molecule has 4 nitrogen and oxygen atoms in total. The molecular formula is C32H35F27O4. The number of hydrogen-bond acceptors (Lipinski definition) is 4. The van der Waals surface area contributed by atoms with E-state index in [1.54, 1.807) is 0 Å². The first-order chi connectivity index (χ1) is 27.1. The smallest absolute Gasteiger partial charge is 0.449 e. The second kappa shape index (κ2) is 19.3. The lowest BCUT2D eigenvalue weighted by Gasteiger charge is -2.36. The van der Waals surface area contributed by atoms with Crippen LogP contribution >= 0.6 is 0 Å². The average molecular weight is 997 g/mol. The lowest BCUT2D eigenvalue weighted by Crippen LogP contribution is -2.53. The predicted molar refractivity (Wildman–Crippen MR) is 162 cm³/mol. The molecule has 31 heteroatoms. The van der Waals surface area contributed by atoms with Gasteiger partial charge in [0.05, 0.1) is 23.5 Å². The van der Waals surface area contributed by atoms with Crippen molar-refractivity contribution in [3.05, 3.63) is 34.0 Å². The van der Waals surface area contributed by atoms with Crippen LogP contribution in [-0.4, -0.2) is 111 Å². The normalized spacial score (nSPS) is 19.0. The van der Waals surface area contributed by atoms with Crippen LogP contribution in [-0.2, 0) is 18.9 Å². The van der Waals surface area contributed by atoms with Crippen LogP contribution in [0.5, 0.6) is 0 Å². The summed E-state index contributed by atoms with van der Waals surface area (Å²) in [7, 11) is 0.936. The van der Waals surface area contributed by atoms with E-state index in [1.165, 1.54) is 0 Å². The molecule has 0 aromatic rings. The van der Waals surface area contributed by atoms with Gasteiger partial charge in [-0.1, -0.05) is 0 Å². The number of ether oxygens (including phenoxy) is 4. The molecule has 0 bridgehead atoms. The van der Waals surface area contributed by atoms with E-state index in [4.69, 9.17) is 0 Å². The summed E-state index contributed by atoms with van der Waals surface area (Å²) in [4.78, 5) is 0. The lowest BCUT2D eigenvalue weighted by atomic mass is 9.83. The Balaban J connectivity index is 0. The quantitative estimate of drug-likeness (QED) is 0.0931. The Hall–Kier alpha value is -3.31. The number of methoxy groups -OCH3 is 1. The third-order valence-corrected chi connectivity index (χ3v) is 8.11. The van der Waals surface area contributed by atoms with Gasteiger partial charge in [0.15, 0.2) is 0 Å². The zero-order valence-corrected chi connectivity index (χ0v) is 33.2. The molecule has 0 spiro atoms. The van der Waals surface area contributed by atoms with Crippen molar-refractivity contribution in [2.75, 3.05) is 33.5 Å². The Bertz CT molecular complexity index is 1550. The molecule has 0 aliphatic rings. The summed E-state index contributed by atoms with van der Waals surface area (Å²) in [6, 6.07) is 0. The molecule has 0 aromatic carbocycles. The second-order valence-electron chi connectivity index (χ2n) is 13.8. The number of rotatable bonds is 15. The summed E-state index contributed by atoms with van der Waals surface area (Å²) < 4.78 is 376. The van der Waals surface area contributed by atoms with E-state index in [0.29, 0.717) is 20.8 Å². The highest BCUT2D eigenvalue weighted by atomic mass is 19.4. The van der Waals surface area contributed by atoms with Gasteiger partial charge in [0, 0.05) is 12.7 Å². The van der Waals surface area contributed by atoms with Gasteiger partial charge in [-0.3, -0.25) is 0 Å². The summed E-state index contributed by atoms with van der Waals surface area (Å²) in [5.74, 6) is -7.68. The molecule has 0 aromatic heterocycles. The van der Waals surface area contributed by atoms with Gasteiger partial charge in [-0.05, 0) is 55.4 Å². The van der Waals surface area contributed by atoms with Crippen molar-refractivity contribution in [1.29, 1.82) is 0 Å². The van der Waals surface area contributed by atoms with E-state index in [-0.39, 0.29) is 6.92 Å². The first-order valence-corrected chi connectivity index (χ1v) is 16.3. The zero-order chi connectivity index (χ0) is 51.6. The van der Waals surface area contributed by atoms with Crippen LogP contribution in [0.15, 0.2) is 34.0 Å². The van der Waals surface area contributed by atoms with Crippen LogP contribution in [0.25, 0.3) is 0 Å². The molecule has 5 unspecified atom stereocenters. The van der Waals surface area contributed by atoms with Gasteiger partial charge < -0.3 is 18.9 Å². The van der Waals surface area contributed by atoms with E-state index < -0.39 is 165 Å². The molecule has 0 heterocycles. The van der Waals surface area contributed by atoms with Crippen molar-refractivity contribution >= 4 is 0 Å². The van der Waals surface area contributed by atoms with Gasteiger partial charge in [-0.25, -0.2) is 26.3 Å². The first-order valence-electron chi connectivity index (χ1n) is 16.3. The fourth-order valence-corrected chi connectivity index (χ4v) is 4.98. The third kappa shape index (κ3) is 14.6. The fraction of sp³-hybridized carbons (Fsp3) is 0.812. The van der Waals surface area contributed by atoms with Crippen molar-refractivity contribution in [2.45, 2.75) is 133 Å². The molecule has 376 valence electrons. The van der Waals surface area contributed by atoms with E-state index in [2.05, 4.69) is 18.9 Å². The highest BCUT2D eigenvalue weighted by molar-refractivity contribution is 5.36. The zero-order valence-electron chi connectivity index (χ0n) is 33.2. The van der Waals surface area contributed by atoms with Gasteiger partial charge in [-0.2, -0.15) is 92.2 Å². The molecule has 5 atom stereocenters. The molecule has 0 N–H and O–H groups in total. The van der Waals surface area contributed by atoms with Gasteiger partial charge >= 0.3 is 43.2 Å². The number of allylic oxidation sites excluding steroid dienone is 6. The molecule has 0 saturated carbocycles. The minimum atomic E-state index is -6.53. The maximum atomic E-state index is 14.5. The molecule has 0 rings (SSSR count). The van der Waals surface area contributed by atoms with Crippen LogP contribution in [0.2, 0.25) is 0 Å². The fourth-order valence-electron chi connectivity index (χ4n) is 4.98. The Morgan fingerprint density at radius 3 is 0.714 bits per heavy atom. The van der Waals surface area contributed by atoms with Crippen molar-refractivity contribution in [3.8, 4) is 0 Å². The van der Waals surface area contributed by atoms with E-state index >= 15 is 0 Å². The van der Waals surface area contributed by atoms with Crippen molar-refractivity contribution in [2.24, 2.45) is 0 Å². The summed E-state index contributed by atoms with van der Waals surface area (Å²) >= 11 is 0. The minimum Gasteiger partial charge on any atom is -0.494 e. The monoisotopic (exact) mass is 996 g/mol. The van der Waals surface area contributed by atoms with Crippen molar-refractivity contribution < 1.29 is 137 Å². The van der Waals surface area contributed by atoms with Crippen LogP contribution in [0, 0.1) is 0 Å². The number of alkyl halides is 27. The van der Waals surface area contributed by atoms with E-state index in [0.717, 1.165) is 7.11 Å². The Morgan fingerprint density at radius 2 is 0.524 bits per heavy atom. The molecule has 0 radical (unpaired) electrons. The summed E-state index contributed by atoms with van der Waals surface area (Å²) in [5.41, 5.74) is -37.9. The summed E-state index contributed by atoms with van der Waals surface area (Å²) in [5, 5.41) is 0. The Morgan fingerprint density at radius 1 is 0.317 bits per heavy atom. The first kappa shape index (κ1) is 61.8. The van der Waals surface area contributed by atoms with Gasteiger partial charge in [0.25, 0.3) is 0 Å². The van der Waals surface area contributed by atoms with Crippen LogP contribution in [0.4, 0.5) is 119 Å². The second-order valence-corrected chi connectivity index (χ2v) is 13.8. The van der Waals surface area contributed by atoms with E-state index in [1.807, 2.05) is 0 Å². The summed E-state index contributed by atoms with van der Waals surface area (Å²) in [6.07, 6.45) is -43.8. The lowest BCUT2D eigenvalue weighted by molar-refractivity contribution is -0.249. The largest absolute Gasteiger partial charge is 0.494 e. The highest BCUT2D eigenvalue weighted by Gasteiger charge is 2.71. The SMILES string of the molecule is C/C(OCCOC(=C(C(C)(F)C(F)(F)F)C(C)(F)C(F)(F)F)C(F)(F)F)=C(\C(C)(C)F)C(C)(F)C(F)(F)F.COCCOC(=C(C(C)(F)C(F)(F)F)C(C)(F)C(F)(F)F)C(F)(F)F. The maximum Gasteiger partial charge on any atom is 0.449 e. The van der Waals surface area contributed by atoms with Crippen molar-refractivity contribution in [3.63, 3.8) is 0 Å². The van der Waals surface area contributed by atoms with Gasteiger partial charge in [0.2, 0.25) is 39.9 Å². The van der Waals surface area contributed by atoms with E-state index in [9.17, 15) is 119 Å². The molecule has 0 fully saturated rings. The standard InChI is InChI=1S/C20H22F16O2.C12H13F11O2/c1-9(10(13(2,3)21)14(4,22)18(28,29)30)37-7-8-38-12(17(25,26)27)11(15(5,23)19(31,32)33)16(6,24)20(34,35)36;1-8(13,11(18,19)20)6(9(2,14)12(21,22)23)7(10(15,16)17)25-5-4-24-3/h7-8H2,1-6H3;4-5H2,1-3H3/b10-9-,12-11?;. The Kier molecular flexibility index (Phi) is 18.9. The molecule has 0 amide bonds. The van der Waals surface area contributed by atoms with Crippen LogP contribution in [0.1, 0.15) is 55.4 Å². The van der Waals surface area contributed by atoms with Crippen molar-refractivity contribution in [1.82, 2.24) is 0 Å². The average Bonchev–Trinajstić information content (AvgIpc) is 2.97. The molecule has 63 heavy (non-hydrogen) atoms. The number of hydrogen-bond donors (Lipinski definition) is 0. The van der Waals surface area contributed by atoms with Gasteiger partial charge in [-0.15, -0.1) is 0 Å². The Labute approximate surface area is 338 Å². The molecular weight excluding hydrogens is 961 g/mol. The molecule has 0 aliphatic heterocycles. The number of halogens is 27. The highest BCUT2D eigenvalue weighted by Crippen LogP contribution is 2.55. The summed E-state index contributed by atoms with van der Waals surface area (Å²) in [6.45, 7) is -6.81. The predicted octanol–water partition coefficient (Wildman–Crippen LogP) is 13.8. The molecule has 0 aliphatic carbocycles. The van der Waals surface area contributed by atoms with Crippen LogP contribution in [0.3, 0.4) is 0 Å². The van der Waals surface area contributed by atoms with Gasteiger partial charge in [0.1, 0.15) is 25.5 Å². The maximum absolute atomic E-state index is 14.5. The van der Waals surface area contributed by atoms with Crippen LogP contribution < -0.4 is 0 Å². The third-order valence-electron chi connectivity index (χ3n) is 8.11. The molecule has 0 saturated heterocycles. The minimum absolute atomic E-state index is 0.123.